The first-order chi connectivity index (χ1) is 10.1. The molecule has 2 nitrogen and oxygen atoms in total. The topological polar surface area (TPSA) is 25.8 Å². The highest BCUT2D eigenvalue weighted by atomic mass is 35.5. The van der Waals surface area contributed by atoms with Crippen LogP contribution in [-0.4, -0.2) is 9.97 Å². The third-order valence-corrected chi connectivity index (χ3v) is 3.36. The molecule has 104 valence electrons. The Morgan fingerprint density at radius 2 is 1.57 bits per heavy atom. The maximum Gasteiger partial charge on any atom is 0.161 e. The molecule has 0 amide bonds. The Balaban J connectivity index is 2.10. The minimum absolute atomic E-state index is 0.300. The van der Waals surface area contributed by atoms with Crippen LogP contribution in [-0.2, 0) is 0 Å². The van der Waals surface area contributed by atoms with E-state index in [9.17, 15) is 4.39 Å². The van der Waals surface area contributed by atoms with E-state index in [4.69, 9.17) is 23.2 Å². The van der Waals surface area contributed by atoms with E-state index in [1.54, 1.807) is 30.3 Å². The van der Waals surface area contributed by atoms with E-state index in [-0.39, 0.29) is 5.82 Å². The normalized spacial score (nSPS) is 10.6. The van der Waals surface area contributed by atoms with Gasteiger partial charge in [0.15, 0.2) is 5.82 Å². The Bertz CT molecular complexity index is 789. The fourth-order valence-corrected chi connectivity index (χ4v) is 2.25. The van der Waals surface area contributed by atoms with Gasteiger partial charge in [-0.2, -0.15) is 0 Å². The van der Waals surface area contributed by atoms with Gasteiger partial charge in [-0.1, -0.05) is 47.5 Å². The average Bonchev–Trinajstić information content (AvgIpc) is 2.47. The highest BCUT2D eigenvalue weighted by Gasteiger charge is 2.08. The molecule has 0 bridgehead atoms. The van der Waals surface area contributed by atoms with Crippen LogP contribution >= 0.6 is 23.2 Å². The summed E-state index contributed by atoms with van der Waals surface area (Å²) in [4.78, 5) is 8.59. The summed E-state index contributed by atoms with van der Waals surface area (Å²) in [5, 5.41) is 0.943. The first kappa shape index (κ1) is 14.0. The van der Waals surface area contributed by atoms with Crippen molar-refractivity contribution < 1.29 is 4.39 Å². The Morgan fingerprint density at radius 1 is 0.810 bits per heavy atom. The number of rotatable bonds is 2. The van der Waals surface area contributed by atoms with Crippen LogP contribution in [0, 0.1) is 5.82 Å². The van der Waals surface area contributed by atoms with Crippen LogP contribution in [0.15, 0.2) is 54.6 Å². The zero-order valence-electron chi connectivity index (χ0n) is 10.7. The molecule has 2 aromatic carbocycles. The number of hydrogen-bond donors (Lipinski definition) is 0. The van der Waals surface area contributed by atoms with Crippen molar-refractivity contribution in [1.82, 2.24) is 9.97 Å². The Labute approximate surface area is 131 Å². The van der Waals surface area contributed by atoms with Gasteiger partial charge in [-0.25, -0.2) is 14.4 Å². The third-order valence-electron chi connectivity index (χ3n) is 2.92. The van der Waals surface area contributed by atoms with Crippen molar-refractivity contribution in [2.75, 3.05) is 0 Å². The van der Waals surface area contributed by atoms with Crippen molar-refractivity contribution in [3.63, 3.8) is 0 Å². The van der Waals surface area contributed by atoms with Crippen molar-refractivity contribution in [3.05, 3.63) is 70.6 Å². The van der Waals surface area contributed by atoms with E-state index in [1.165, 1.54) is 12.1 Å². The monoisotopic (exact) mass is 318 g/mol. The van der Waals surface area contributed by atoms with Crippen LogP contribution in [0.4, 0.5) is 4.39 Å². The van der Waals surface area contributed by atoms with Crippen molar-refractivity contribution in [2.24, 2.45) is 0 Å². The second-order valence-corrected chi connectivity index (χ2v) is 5.24. The summed E-state index contributed by atoms with van der Waals surface area (Å²) in [7, 11) is 0. The average molecular weight is 319 g/mol. The zero-order chi connectivity index (χ0) is 14.8. The molecule has 0 atom stereocenters. The van der Waals surface area contributed by atoms with Crippen LogP contribution in [0.2, 0.25) is 10.2 Å². The van der Waals surface area contributed by atoms with E-state index in [1.807, 2.05) is 12.1 Å². The predicted octanol–water partition coefficient (Wildman–Crippen LogP) is 5.26. The van der Waals surface area contributed by atoms with Crippen molar-refractivity contribution in [3.8, 4) is 22.6 Å². The van der Waals surface area contributed by atoms with Gasteiger partial charge < -0.3 is 0 Å². The first-order valence-electron chi connectivity index (χ1n) is 6.18. The van der Waals surface area contributed by atoms with Gasteiger partial charge in [0.25, 0.3) is 0 Å². The smallest absolute Gasteiger partial charge is 0.161 e. The highest BCUT2D eigenvalue weighted by molar-refractivity contribution is 6.30. The predicted molar refractivity (Wildman–Crippen MR) is 82.9 cm³/mol. The van der Waals surface area contributed by atoms with Crippen molar-refractivity contribution in [2.45, 2.75) is 0 Å². The number of hydrogen-bond acceptors (Lipinski definition) is 2. The summed E-state index contributed by atoms with van der Waals surface area (Å²) in [6.07, 6.45) is 0. The van der Waals surface area contributed by atoms with E-state index >= 15 is 0 Å². The molecule has 0 radical (unpaired) electrons. The Morgan fingerprint density at radius 3 is 2.29 bits per heavy atom. The summed E-state index contributed by atoms with van der Waals surface area (Å²) in [6, 6.07) is 15.0. The molecule has 0 aliphatic carbocycles. The molecule has 0 aliphatic heterocycles. The van der Waals surface area contributed by atoms with Crippen LogP contribution in [0.25, 0.3) is 22.6 Å². The standard InChI is InChI=1S/C16H9Cl2FN2/c17-12-6-4-10(5-7-12)14-9-15(18)21-16(20-14)11-2-1-3-13(19)8-11/h1-9H. The fourth-order valence-electron chi connectivity index (χ4n) is 1.94. The van der Waals surface area contributed by atoms with E-state index in [2.05, 4.69) is 9.97 Å². The second kappa shape index (κ2) is 5.80. The third kappa shape index (κ3) is 3.20. The number of aromatic nitrogens is 2. The first-order valence-corrected chi connectivity index (χ1v) is 6.94. The molecule has 21 heavy (non-hydrogen) atoms. The molecule has 3 rings (SSSR count). The largest absolute Gasteiger partial charge is 0.228 e. The molecular weight excluding hydrogens is 310 g/mol. The van der Waals surface area contributed by atoms with E-state index in [0.29, 0.717) is 27.3 Å². The lowest BCUT2D eigenvalue weighted by Gasteiger charge is -2.06. The lowest BCUT2D eigenvalue weighted by Crippen LogP contribution is -1.93. The van der Waals surface area contributed by atoms with Gasteiger partial charge in [0.05, 0.1) is 5.69 Å². The van der Waals surface area contributed by atoms with Crippen molar-refractivity contribution >= 4 is 23.2 Å². The fraction of sp³-hybridized carbons (Fsp3) is 0. The van der Waals surface area contributed by atoms with E-state index in [0.717, 1.165) is 5.56 Å². The SMILES string of the molecule is Fc1cccc(-c2nc(Cl)cc(-c3ccc(Cl)cc3)n2)c1. The van der Waals surface area contributed by atoms with Crippen LogP contribution in [0.5, 0.6) is 0 Å². The summed E-state index contributed by atoms with van der Waals surface area (Å²) in [5.41, 5.74) is 2.10. The van der Waals surface area contributed by atoms with Gasteiger partial charge in [-0.15, -0.1) is 0 Å². The Hall–Kier alpha value is -1.97. The molecule has 0 unspecified atom stereocenters. The minimum Gasteiger partial charge on any atom is -0.228 e. The van der Waals surface area contributed by atoms with Gasteiger partial charge in [0.2, 0.25) is 0 Å². The number of benzene rings is 2. The maximum absolute atomic E-state index is 13.3. The molecule has 0 N–H and O–H groups in total. The molecule has 0 saturated heterocycles. The molecule has 0 aliphatic rings. The van der Waals surface area contributed by atoms with Crippen LogP contribution in [0.1, 0.15) is 0 Å². The van der Waals surface area contributed by atoms with Gasteiger partial charge in [0, 0.05) is 22.2 Å². The van der Waals surface area contributed by atoms with Gasteiger partial charge >= 0.3 is 0 Å². The second-order valence-electron chi connectivity index (χ2n) is 4.42. The molecule has 0 spiro atoms. The Kier molecular flexibility index (Phi) is 3.86. The molecule has 1 aromatic heterocycles. The lowest BCUT2D eigenvalue weighted by molar-refractivity contribution is 0.628. The van der Waals surface area contributed by atoms with E-state index < -0.39 is 0 Å². The lowest BCUT2D eigenvalue weighted by atomic mass is 10.1. The molecule has 1 heterocycles. The molecule has 0 saturated carbocycles. The summed E-state index contributed by atoms with van der Waals surface area (Å²) < 4.78 is 13.3. The molecular formula is C16H9Cl2FN2. The van der Waals surface area contributed by atoms with Crippen molar-refractivity contribution in [1.29, 1.82) is 0 Å². The molecule has 3 aromatic rings. The summed E-state index contributed by atoms with van der Waals surface area (Å²) >= 11 is 11.9. The van der Waals surface area contributed by atoms with Crippen LogP contribution < -0.4 is 0 Å². The molecule has 0 fully saturated rings. The quantitative estimate of drug-likeness (QED) is 0.602. The maximum atomic E-state index is 13.3. The van der Waals surface area contributed by atoms with Crippen LogP contribution in [0.3, 0.4) is 0 Å². The number of nitrogens with zero attached hydrogens (tertiary/aromatic N) is 2. The number of halogens is 3. The van der Waals surface area contributed by atoms with Gasteiger partial charge in [0.1, 0.15) is 11.0 Å². The van der Waals surface area contributed by atoms with Gasteiger partial charge in [-0.3, -0.25) is 0 Å². The summed E-state index contributed by atoms with van der Waals surface area (Å²) in [5.74, 6) is 0.0380. The molecule has 5 heteroatoms. The summed E-state index contributed by atoms with van der Waals surface area (Å²) in [6.45, 7) is 0. The zero-order valence-corrected chi connectivity index (χ0v) is 12.2. The highest BCUT2D eigenvalue weighted by Crippen LogP contribution is 2.25. The van der Waals surface area contributed by atoms with Gasteiger partial charge in [-0.05, 0) is 24.3 Å². The minimum atomic E-state index is -0.343.